The molecule has 3 rings (SSSR count). The van der Waals surface area contributed by atoms with Crippen LogP contribution in [0.3, 0.4) is 0 Å². The summed E-state index contributed by atoms with van der Waals surface area (Å²) in [5, 5.41) is 9.01. The van der Waals surface area contributed by atoms with E-state index in [-0.39, 0.29) is 18.9 Å². The first-order valence-electron chi connectivity index (χ1n) is 9.13. The molecule has 0 aliphatic rings. The molecule has 0 fully saturated rings. The summed E-state index contributed by atoms with van der Waals surface area (Å²) in [6.45, 7) is -0.281. The second-order valence-electron chi connectivity index (χ2n) is 6.35. The van der Waals surface area contributed by atoms with Crippen molar-refractivity contribution in [2.45, 2.75) is 11.3 Å². The predicted molar refractivity (Wildman–Crippen MR) is 110 cm³/mol. The van der Waals surface area contributed by atoms with Gasteiger partial charge >= 0.3 is 0 Å². The molecule has 2 aromatic carbocycles. The van der Waals surface area contributed by atoms with Gasteiger partial charge in [-0.25, -0.2) is 21.9 Å². The molecular weight excluding hydrogens is 448 g/mol. The number of rotatable bonds is 9. The van der Waals surface area contributed by atoms with Gasteiger partial charge in [0.1, 0.15) is 11.5 Å². The number of ether oxygens (including phenoxy) is 2. The molecule has 170 valence electrons. The van der Waals surface area contributed by atoms with Crippen LogP contribution in [0.5, 0.6) is 11.5 Å². The number of methoxy groups -OCH3 is 2. The Hall–Kier alpha value is -3.58. The van der Waals surface area contributed by atoms with E-state index in [9.17, 15) is 22.0 Å². The molecule has 0 bridgehead atoms. The number of aromatic nitrogens is 3. The molecule has 0 aliphatic carbocycles. The summed E-state index contributed by atoms with van der Waals surface area (Å²) in [7, 11) is -1.10. The van der Waals surface area contributed by atoms with Crippen LogP contribution in [0.1, 0.15) is 6.42 Å². The Labute approximate surface area is 182 Å². The molecule has 3 N–H and O–H groups in total. The fourth-order valence-electron chi connectivity index (χ4n) is 2.65. The average Bonchev–Trinajstić information content (AvgIpc) is 3.22. The summed E-state index contributed by atoms with van der Waals surface area (Å²) >= 11 is 0. The summed E-state index contributed by atoms with van der Waals surface area (Å²) in [4.78, 5) is 15.8. The highest BCUT2D eigenvalue weighted by Crippen LogP contribution is 2.31. The van der Waals surface area contributed by atoms with E-state index in [4.69, 9.17) is 9.47 Å². The van der Waals surface area contributed by atoms with E-state index in [1.807, 2.05) is 0 Å². The lowest BCUT2D eigenvalue weighted by Crippen LogP contribution is -2.28. The minimum Gasteiger partial charge on any atom is -0.497 e. The minimum absolute atomic E-state index is 0.0219. The number of nitrogens with one attached hydrogen (secondary N) is 3. The smallest absolute Gasteiger partial charge is 0.249 e. The fourth-order valence-corrected chi connectivity index (χ4v) is 3.69. The van der Waals surface area contributed by atoms with Crippen molar-refractivity contribution in [3.8, 4) is 22.9 Å². The Kier molecular flexibility index (Phi) is 7.00. The first-order valence-corrected chi connectivity index (χ1v) is 10.6. The lowest BCUT2D eigenvalue weighted by Gasteiger charge is -2.08. The van der Waals surface area contributed by atoms with Gasteiger partial charge in [-0.05, 0) is 30.3 Å². The molecule has 1 heterocycles. The van der Waals surface area contributed by atoms with Crippen LogP contribution >= 0.6 is 0 Å². The van der Waals surface area contributed by atoms with E-state index < -0.39 is 32.5 Å². The molecule has 0 radical (unpaired) electrons. The van der Waals surface area contributed by atoms with Gasteiger partial charge in [0.15, 0.2) is 17.5 Å². The van der Waals surface area contributed by atoms with Crippen LogP contribution in [0.15, 0.2) is 41.3 Å². The number of nitrogens with zero attached hydrogens (tertiary/aromatic N) is 2. The Morgan fingerprint density at radius 2 is 1.88 bits per heavy atom. The quantitative estimate of drug-likeness (QED) is 0.438. The molecule has 32 heavy (non-hydrogen) atoms. The largest absolute Gasteiger partial charge is 0.497 e. The monoisotopic (exact) mass is 467 g/mol. The van der Waals surface area contributed by atoms with Crippen LogP contribution in [-0.4, -0.2) is 50.3 Å². The number of halogens is 2. The second kappa shape index (κ2) is 9.70. The van der Waals surface area contributed by atoms with Crippen molar-refractivity contribution < 1.29 is 31.5 Å². The number of anilines is 1. The molecular formula is C19H19F2N5O5S. The normalized spacial score (nSPS) is 11.2. The van der Waals surface area contributed by atoms with Gasteiger partial charge in [0.05, 0.1) is 24.7 Å². The SMILES string of the molecule is COc1ccc(-c2nc(NC(=O)CCNS(=O)(=O)c3ccc(F)c(F)c3)n[nH]2)c(OC)c1. The second-order valence-corrected chi connectivity index (χ2v) is 8.11. The topological polar surface area (TPSA) is 135 Å². The molecule has 0 aliphatic heterocycles. The Balaban J connectivity index is 1.58. The molecule has 0 saturated heterocycles. The number of hydrogen-bond donors (Lipinski definition) is 3. The van der Waals surface area contributed by atoms with E-state index in [1.165, 1.54) is 14.2 Å². The molecule has 3 aromatic rings. The maximum Gasteiger partial charge on any atom is 0.249 e. The van der Waals surface area contributed by atoms with Gasteiger partial charge in [-0.15, -0.1) is 5.10 Å². The number of carbonyl (C=O) groups excluding carboxylic acids is 1. The van der Waals surface area contributed by atoms with E-state index in [2.05, 4.69) is 25.2 Å². The third-order valence-corrected chi connectivity index (χ3v) is 5.70. The van der Waals surface area contributed by atoms with Crippen molar-refractivity contribution in [1.82, 2.24) is 19.9 Å². The lowest BCUT2D eigenvalue weighted by molar-refractivity contribution is -0.116. The molecule has 0 spiro atoms. The summed E-state index contributed by atoms with van der Waals surface area (Å²) in [6, 6.07) is 7.25. The maximum atomic E-state index is 13.3. The number of amides is 1. The highest BCUT2D eigenvalue weighted by Gasteiger charge is 2.17. The van der Waals surface area contributed by atoms with Crippen LogP contribution in [0, 0.1) is 11.6 Å². The first-order chi connectivity index (χ1) is 15.2. The third kappa shape index (κ3) is 5.36. The number of aromatic amines is 1. The highest BCUT2D eigenvalue weighted by molar-refractivity contribution is 7.89. The van der Waals surface area contributed by atoms with Crippen LogP contribution in [0.4, 0.5) is 14.7 Å². The van der Waals surface area contributed by atoms with Crippen molar-refractivity contribution in [3.63, 3.8) is 0 Å². The number of carbonyl (C=O) groups is 1. The Morgan fingerprint density at radius 3 is 2.56 bits per heavy atom. The van der Waals surface area contributed by atoms with Crippen LogP contribution < -0.4 is 19.5 Å². The number of H-pyrrole nitrogens is 1. The predicted octanol–water partition coefficient (Wildman–Crippen LogP) is 2.07. The Bertz CT molecular complexity index is 1230. The third-order valence-electron chi connectivity index (χ3n) is 4.25. The minimum atomic E-state index is -4.11. The molecule has 13 heteroatoms. The van der Waals surface area contributed by atoms with Gasteiger partial charge < -0.3 is 9.47 Å². The molecule has 1 amide bonds. The number of sulfonamides is 1. The average molecular weight is 467 g/mol. The zero-order chi connectivity index (χ0) is 23.3. The van der Waals surface area contributed by atoms with Gasteiger partial charge in [0.2, 0.25) is 21.9 Å². The van der Waals surface area contributed by atoms with Crippen molar-refractivity contribution in [2.24, 2.45) is 0 Å². The molecule has 0 saturated carbocycles. The lowest BCUT2D eigenvalue weighted by atomic mass is 10.2. The van der Waals surface area contributed by atoms with Crippen molar-refractivity contribution in [3.05, 3.63) is 48.0 Å². The van der Waals surface area contributed by atoms with Crippen LogP contribution in [0.2, 0.25) is 0 Å². The van der Waals surface area contributed by atoms with Crippen molar-refractivity contribution in [2.75, 3.05) is 26.1 Å². The highest BCUT2D eigenvalue weighted by atomic mass is 32.2. The summed E-state index contributed by atoms with van der Waals surface area (Å²) < 4.78 is 63.0. The fraction of sp³-hybridized carbons (Fsp3) is 0.211. The maximum absolute atomic E-state index is 13.3. The van der Waals surface area contributed by atoms with Gasteiger partial charge in [-0.3, -0.25) is 15.2 Å². The molecule has 10 nitrogen and oxygen atoms in total. The van der Waals surface area contributed by atoms with Crippen molar-refractivity contribution >= 4 is 21.9 Å². The van der Waals surface area contributed by atoms with Gasteiger partial charge in [-0.1, -0.05) is 0 Å². The summed E-state index contributed by atoms with van der Waals surface area (Å²) in [5.41, 5.74) is 0.584. The van der Waals surface area contributed by atoms with Gasteiger partial charge in [0, 0.05) is 19.0 Å². The van der Waals surface area contributed by atoms with Gasteiger partial charge in [0.25, 0.3) is 0 Å². The van der Waals surface area contributed by atoms with Crippen LogP contribution in [-0.2, 0) is 14.8 Å². The molecule has 1 aromatic heterocycles. The number of benzene rings is 2. The number of hydrogen-bond acceptors (Lipinski definition) is 7. The van der Waals surface area contributed by atoms with Crippen LogP contribution in [0.25, 0.3) is 11.4 Å². The first kappa shape index (κ1) is 23.1. The molecule has 0 unspecified atom stereocenters. The summed E-state index contributed by atoms with van der Waals surface area (Å²) in [6.07, 6.45) is -0.251. The zero-order valence-electron chi connectivity index (χ0n) is 17.0. The summed E-state index contributed by atoms with van der Waals surface area (Å²) in [5.74, 6) is -1.65. The zero-order valence-corrected chi connectivity index (χ0v) is 17.8. The van der Waals surface area contributed by atoms with E-state index in [1.54, 1.807) is 18.2 Å². The van der Waals surface area contributed by atoms with E-state index in [0.717, 1.165) is 6.07 Å². The molecule has 0 atom stereocenters. The van der Waals surface area contributed by atoms with Crippen molar-refractivity contribution in [1.29, 1.82) is 0 Å². The van der Waals surface area contributed by atoms with Gasteiger partial charge in [-0.2, -0.15) is 4.98 Å². The van der Waals surface area contributed by atoms with E-state index >= 15 is 0 Å². The van der Waals surface area contributed by atoms with E-state index in [0.29, 0.717) is 35.0 Å². The standard InChI is InChI=1S/C19H19F2N5O5S/c1-30-11-3-5-13(16(9-11)31-2)18-24-19(26-25-18)23-17(27)7-8-22-32(28,29)12-4-6-14(20)15(21)10-12/h3-6,9-10,22H,7-8H2,1-2H3,(H2,23,24,25,26,27). The Morgan fingerprint density at radius 1 is 1.09 bits per heavy atom.